The summed E-state index contributed by atoms with van der Waals surface area (Å²) in [7, 11) is 0. The normalized spacial score (nSPS) is 10.3. The maximum atomic E-state index is 13.2. The average Bonchev–Trinajstić information content (AvgIpc) is 2.45. The van der Waals surface area contributed by atoms with Gasteiger partial charge in [0.2, 0.25) is 0 Å². The van der Waals surface area contributed by atoms with E-state index in [0.29, 0.717) is 17.9 Å². The molecule has 0 fully saturated rings. The van der Waals surface area contributed by atoms with Crippen molar-refractivity contribution in [2.24, 2.45) is 0 Å². The summed E-state index contributed by atoms with van der Waals surface area (Å²) in [5.41, 5.74) is 1.98. The molecule has 0 atom stereocenters. The smallest absolute Gasteiger partial charge is 0.255 e. The van der Waals surface area contributed by atoms with E-state index in [4.69, 9.17) is 4.74 Å². The van der Waals surface area contributed by atoms with E-state index >= 15 is 0 Å². The van der Waals surface area contributed by atoms with Crippen LogP contribution in [0, 0.1) is 12.7 Å². The third-order valence-electron chi connectivity index (χ3n) is 2.94. The van der Waals surface area contributed by atoms with Gasteiger partial charge in [0.05, 0.1) is 11.1 Å². The van der Waals surface area contributed by atoms with Crippen molar-refractivity contribution in [2.45, 2.75) is 13.8 Å². The number of carbonyl (C=O) groups is 1. The molecule has 1 amide bonds. The largest absolute Gasteiger partial charge is 0.494 e. The lowest BCUT2D eigenvalue weighted by atomic mass is 10.1. The van der Waals surface area contributed by atoms with E-state index in [1.54, 1.807) is 12.1 Å². The van der Waals surface area contributed by atoms with E-state index < -0.39 is 5.82 Å². The van der Waals surface area contributed by atoms with Crippen molar-refractivity contribution in [3.05, 3.63) is 57.8 Å². The van der Waals surface area contributed by atoms with Gasteiger partial charge in [-0.1, -0.05) is 0 Å². The predicted molar refractivity (Wildman–Crippen MR) is 84.4 cm³/mol. The first-order valence-electron chi connectivity index (χ1n) is 6.51. The molecular formula is C16H15BrFNO2. The topological polar surface area (TPSA) is 38.3 Å². The summed E-state index contributed by atoms with van der Waals surface area (Å²) in [6, 6.07) is 9.60. The second-order valence-electron chi connectivity index (χ2n) is 4.49. The fourth-order valence-corrected chi connectivity index (χ4v) is 2.24. The Morgan fingerprint density at radius 1 is 1.29 bits per heavy atom. The minimum atomic E-state index is -0.399. The molecule has 5 heteroatoms. The van der Waals surface area contributed by atoms with Crippen LogP contribution in [0.5, 0.6) is 5.75 Å². The SMILES string of the molecule is CCOc1ccc(NC(=O)c2ccc(F)c(Br)c2)c(C)c1. The van der Waals surface area contributed by atoms with E-state index in [0.717, 1.165) is 11.3 Å². The predicted octanol–water partition coefficient (Wildman–Crippen LogP) is 4.55. The molecule has 2 aromatic carbocycles. The van der Waals surface area contributed by atoms with Crippen LogP contribution in [0.25, 0.3) is 0 Å². The number of anilines is 1. The van der Waals surface area contributed by atoms with Crippen molar-refractivity contribution in [1.29, 1.82) is 0 Å². The van der Waals surface area contributed by atoms with Gasteiger partial charge in [-0.2, -0.15) is 0 Å². The zero-order chi connectivity index (χ0) is 15.4. The molecule has 0 aliphatic heterocycles. The first-order valence-corrected chi connectivity index (χ1v) is 7.30. The van der Waals surface area contributed by atoms with Crippen LogP contribution in [0.15, 0.2) is 40.9 Å². The summed E-state index contributed by atoms with van der Waals surface area (Å²) in [6.07, 6.45) is 0. The molecule has 0 saturated heterocycles. The zero-order valence-electron chi connectivity index (χ0n) is 11.7. The highest BCUT2D eigenvalue weighted by Crippen LogP contribution is 2.23. The Balaban J connectivity index is 2.17. The molecule has 2 aromatic rings. The number of nitrogens with one attached hydrogen (secondary N) is 1. The highest BCUT2D eigenvalue weighted by Gasteiger charge is 2.10. The quantitative estimate of drug-likeness (QED) is 0.877. The number of ether oxygens (including phenoxy) is 1. The van der Waals surface area contributed by atoms with Crippen molar-refractivity contribution in [1.82, 2.24) is 0 Å². The number of rotatable bonds is 4. The van der Waals surface area contributed by atoms with Crippen molar-refractivity contribution in [2.75, 3.05) is 11.9 Å². The molecule has 2 rings (SSSR count). The molecule has 0 aliphatic rings. The summed E-state index contributed by atoms with van der Waals surface area (Å²) >= 11 is 3.07. The Kier molecular flexibility index (Phi) is 4.96. The van der Waals surface area contributed by atoms with Gasteiger partial charge in [-0.15, -0.1) is 0 Å². The third-order valence-corrected chi connectivity index (χ3v) is 3.55. The van der Waals surface area contributed by atoms with E-state index in [9.17, 15) is 9.18 Å². The third kappa shape index (κ3) is 3.82. The second kappa shape index (κ2) is 6.72. The van der Waals surface area contributed by atoms with Gasteiger partial charge in [0, 0.05) is 11.3 Å². The molecule has 0 heterocycles. The Bertz CT molecular complexity index is 673. The highest BCUT2D eigenvalue weighted by atomic mass is 79.9. The average molecular weight is 352 g/mol. The van der Waals surface area contributed by atoms with Gasteiger partial charge >= 0.3 is 0 Å². The van der Waals surface area contributed by atoms with E-state index in [1.165, 1.54) is 18.2 Å². The van der Waals surface area contributed by atoms with Crippen LogP contribution >= 0.6 is 15.9 Å². The molecule has 1 N–H and O–H groups in total. The maximum Gasteiger partial charge on any atom is 0.255 e. The molecule has 0 aliphatic carbocycles. The molecule has 0 bridgehead atoms. The summed E-state index contributed by atoms with van der Waals surface area (Å²) in [5, 5.41) is 2.80. The van der Waals surface area contributed by atoms with Crippen molar-refractivity contribution >= 4 is 27.5 Å². The molecule has 0 aromatic heterocycles. The Morgan fingerprint density at radius 2 is 2.05 bits per heavy atom. The first-order chi connectivity index (χ1) is 10.0. The van der Waals surface area contributed by atoms with Gasteiger partial charge in [0.1, 0.15) is 11.6 Å². The van der Waals surface area contributed by atoms with Crippen LogP contribution < -0.4 is 10.1 Å². The van der Waals surface area contributed by atoms with Crippen molar-refractivity contribution in [3.63, 3.8) is 0 Å². The number of hydrogen-bond acceptors (Lipinski definition) is 2. The Morgan fingerprint density at radius 3 is 2.67 bits per heavy atom. The van der Waals surface area contributed by atoms with Crippen LogP contribution in [0.2, 0.25) is 0 Å². The second-order valence-corrected chi connectivity index (χ2v) is 5.35. The summed E-state index contributed by atoms with van der Waals surface area (Å²) in [4.78, 5) is 12.2. The lowest BCUT2D eigenvalue weighted by molar-refractivity contribution is 0.102. The minimum absolute atomic E-state index is 0.263. The molecular weight excluding hydrogens is 337 g/mol. The van der Waals surface area contributed by atoms with Crippen LogP contribution in [-0.2, 0) is 0 Å². The number of amides is 1. The number of carbonyl (C=O) groups excluding carboxylic acids is 1. The van der Waals surface area contributed by atoms with Gasteiger partial charge in [-0.05, 0) is 71.7 Å². The Hall–Kier alpha value is -1.88. The number of hydrogen-bond donors (Lipinski definition) is 1. The van der Waals surface area contributed by atoms with Gasteiger partial charge in [-0.25, -0.2) is 4.39 Å². The van der Waals surface area contributed by atoms with Gasteiger partial charge in [-0.3, -0.25) is 4.79 Å². The first kappa shape index (κ1) is 15.5. The summed E-state index contributed by atoms with van der Waals surface area (Å²) < 4.78 is 18.8. The lowest BCUT2D eigenvalue weighted by Gasteiger charge is -2.11. The molecule has 0 radical (unpaired) electrons. The Labute approximate surface area is 131 Å². The lowest BCUT2D eigenvalue weighted by Crippen LogP contribution is -2.13. The molecule has 0 unspecified atom stereocenters. The standard InChI is InChI=1S/C16H15BrFNO2/c1-3-21-12-5-7-15(10(2)8-12)19-16(20)11-4-6-14(18)13(17)9-11/h4-9H,3H2,1-2H3,(H,19,20). The number of aryl methyl sites for hydroxylation is 1. The fourth-order valence-electron chi connectivity index (χ4n) is 1.86. The van der Waals surface area contributed by atoms with Crippen LogP contribution in [-0.4, -0.2) is 12.5 Å². The van der Waals surface area contributed by atoms with Crippen LogP contribution in [0.3, 0.4) is 0 Å². The molecule has 21 heavy (non-hydrogen) atoms. The molecule has 110 valence electrons. The zero-order valence-corrected chi connectivity index (χ0v) is 13.3. The van der Waals surface area contributed by atoms with Crippen molar-refractivity contribution in [3.8, 4) is 5.75 Å². The van der Waals surface area contributed by atoms with Crippen LogP contribution in [0.4, 0.5) is 10.1 Å². The number of benzene rings is 2. The summed E-state index contributed by atoms with van der Waals surface area (Å²) in [6.45, 7) is 4.39. The molecule has 0 saturated carbocycles. The van der Waals surface area contributed by atoms with E-state index in [1.807, 2.05) is 19.9 Å². The van der Waals surface area contributed by atoms with Crippen LogP contribution in [0.1, 0.15) is 22.8 Å². The van der Waals surface area contributed by atoms with E-state index in [2.05, 4.69) is 21.2 Å². The highest BCUT2D eigenvalue weighted by molar-refractivity contribution is 9.10. The fraction of sp³-hybridized carbons (Fsp3) is 0.188. The van der Waals surface area contributed by atoms with Gasteiger partial charge in [0.15, 0.2) is 0 Å². The maximum absolute atomic E-state index is 13.2. The van der Waals surface area contributed by atoms with Gasteiger partial charge < -0.3 is 10.1 Å². The van der Waals surface area contributed by atoms with Gasteiger partial charge in [0.25, 0.3) is 5.91 Å². The summed E-state index contributed by atoms with van der Waals surface area (Å²) in [5.74, 6) is 0.0734. The molecule has 3 nitrogen and oxygen atoms in total. The minimum Gasteiger partial charge on any atom is -0.494 e. The monoisotopic (exact) mass is 351 g/mol. The van der Waals surface area contributed by atoms with E-state index in [-0.39, 0.29) is 10.4 Å². The number of halogens is 2. The molecule has 0 spiro atoms. The van der Waals surface area contributed by atoms with Crippen molar-refractivity contribution < 1.29 is 13.9 Å².